The second-order valence-corrected chi connectivity index (χ2v) is 7.54. The molecular formula is C24H19F3N2O2. The van der Waals surface area contributed by atoms with Crippen LogP contribution in [0.2, 0.25) is 0 Å². The highest BCUT2D eigenvalue weighted by molar-refractivity contribution is 5.97. The third kappa shape index (κ3) is 3.91. The van der Waals surface area contributed by atoms with Gasteiger partial charge < -0.3 is 9.67 Å². The van der Waals surface area contributed by atoms with Crippen LogP contribution in [0.15, 0.2) is 48.7 Å². The number of aliphatic carboxylic acids is 1. The molecule has 0 aliphatic heterocycles. The van der Waals surface area contributed by atoms with Crippen molar-refractivity contribution in [3.8, 4) is 11.1 Å². The molecule has 1 N–H and O–H groups in total. The van der Waals surface area contributed by atoms with Crippen molar-refractivity contribution in [1.29, 1.82) is 0 Å². The Morgan fingerprint density at radius 3 is 2.29 bits per heavy atom. The first-order valence-corrected chi connectivity index (χ1v) is 9.65. The Morgan fingerprint density at radius 2 is 1.68 bits per heavy atom. The summed E-state index contributed by atoms with van der Waals surface area (Å²) in [4.78, 5) is 16.1. The molecule has 0 aliphatic rings. The number of benzene rings is 2. The van der Waals surface area contributed by atoms with E-state index in [1.807, 2.05) is 31.2 Å². The second kappa shape index (κ2) is 7.91. The molecule has 31 heavy (non-hydrogen) atoms. The van der Waals surface area contributed by atoms with Crippen LogP contribution in [0.5, 0.6) is 0 Å². The lowest BCUT2D eigenvalue weighted by molar-refractivity contribution is -0.136. The number of fused-ring (bicyclic) bond motifs is 1. The molecule has 0 unspecified atom stereocenters. The van der Waals surface area contributed by atoms with Crippen molar-refractivity contribution in [3.63, 3.8) is 0 Å². The van der Waals surface area contributed by atoms with Gasteiger partial charge >= 0.3 is 5.97 Å². The van der Waals surface area contributed by atoms with Crippen LogP contribution in [-0.2, 0) is 17.8 Å². The molecule has 4 nitrogen and oxygen atoms in total. The van der Waals surface area contributed by atoms with Crippen molar-refractivity contribution in [2.24, 2.45) is 0 Å². The van der Waals surface area contributed by atoms with Gasteiger partial charge in [-0.15, -0.1) is 0 Å². The number of hydrogen-bond donors (Lipinski definition) is 1. The molecule has 0 bridgehead atoms. The van der Waals surface area contributed by atoms with Gasteiger partial charge in [0, 0.05) is 23.8 Å². The molecule has 4 aromatic rings. The highest BCUT2D eigenvalue weighted by atomic mass is 19.2. The summed E-state index contributed by atoms with van der Waals surface area (Å²) in [6.07, 6.45) is 1.54. The van der Waals surface area contributed by atoms with E-state index in [0.717, 1.165) is 34.2 Å². The summed E-state index contributed by atoms with van der Waals surface area (Å²) in [7, 11) is 0. The Morgan fingerprint density at radius 1 is 1.03 bits per heavy atom. The van der Waals surface area contributed by atoms with E-state index in [2.05, 4.69) is 4.98 Å². The van der Waals surface area contributed by atoms with Crippen LogP contribution >= 0.6 is 0 Å². The first-order chi connectivity index (χ1) is 14.7. The van der Waals surface area contributed by atoms with Crippen molar-refractivity contribution in [3.05, 3.63) is 88.5 Å². The van der Waals surface area contributed by atoms with Gasteiger partial charge in [-0.1, -0.05) is 29.8 Å². The number of carboxylic acids is 1. The first kappa shape index (κ1) is 20.7. The molecule has 158 valence electrons. The van der Waals surface area contributed by atoms with Crippen LogP contribution in [0.3, 0.4) is 0 Å². The van der Waals surface area contributed by atoms with Crippen LogP contribution in [-0.4, -0.2) is 20.6 Å². The molecule has 7 heteroatoms. The van der Waals surface area contributed by atoms with Crippen LogP contribution in [0.4, 0.5) is 13.2 Å². The normalized spacial score (nSPS) is 11.3. The van der Waals surface area contributed by atoms with Gasteiger partial charge in [0.15, 0.2) is 17.5 Å². The zero-order valence-electron chi connectivity index (χ0n) is 16.9. The maximum atomic E-state index is 13.6. The van der Waals surface area contributed by atoms with Crippen molar-refractivity contribution in [2.75, 3.05) is 0 Å². The summed E-state index contributed by atoms with van der Waals surface area (Å²) in [5, 5.41) is 10.1. The number of carboxylic acid groups (broad SMARTS) is 1. The minimum atomic E-state index is -1.50. The fourth-order valence-electron chi connectivity index (χ4n) is 3.79. The zero-order valence-corrected chi connectivity index (χ0v) is 16.9. The van der Waals surface area contributed by atoms with Gasteiger partial charge in [-0.2, -0.15) is 0 Å². The average Bonchev–Trinajstić information content (AvgIpc) is 3.09. The lowest BCUT2D eigenvalue weighted by Gasteiger charge is -2.15. The minimum Gasteiger partial charge on any atom is -0.481 e. The van der Waals surface area contributed by atoms with Gasteiger partial charge in [0.05, 0.1) is 6.42 Å². The summed E-state index contributed by atoms with van der Waals surface area (Å²) >= 11 is 0. The average molecular weight is 424 g/mol. The minimum absolute atomic E-state index is 0.0790. The van der Waals surface area contributed by atoms with Gasteiger partial charge in [0.2, 0.25) is 0 Å². The van der Waals surface area contributed by atoms with E-state index in [1.54, 1.807) is 23.8 Å². The third-order valence-corrected chi connectivity index (χ3v) is 5.28. The zero-order chi connectivity index (χ0) is 22.3. The van der Waals surface area contributed by atoms with Gasteiger partial charge in [-0.25, -0.2) is 18.2 Å². The molecule has 0 aliphatic carbocycles. The molecule has 0 spiro atoms. The standard InChI is InChI=1S/C24H19F3N2O2/c1-13-3-5-16(6-4-13)22-17-7-8-29(12-15-9-19(25)23(27)20(26)10-15)24(17)28-14(2)18(22)11-21(30)31/h3-10H,11-12H2,1-2H3,(H,30,31). The Labute approximate surface area is 176 Å². The van der Waals surface area contributed by atoms with E-state index in [0.29, 0.717) is 16.9 Å². The number of rotatable bonds is 5. The van der Waals surface area contributed by atoms with Crippen LogP contribution < -0.4 is 0 Å². The highest BCUT2D eigenvalue weighted by Gasteiger charge is 2.19. The summed E-state index contributed by atoms with van der Waals surface area (Å²) in [5.41, 5.74) is 4.66. The van der Waals surface area contributed by atoms with Crippen LogP contribution in [0, 0.1) is 31.3 Å². The highest BCUT2D eigenvalue weighted by Crippen LogP contribution is 2.34. The topological polar surface area (TPSA) is 55.1 Å². The van der Waals surface area contributed by atoms with E-state index in [-0.39, 0.29) is 18.5 Å². The van der Waals surface area contributed by atoms with Crippen molar-refractivity contribution in [2.45, 2.75) is 26.8 Å². The molecule has 0 radical (unpaired) electrons. The number of pyridine rings is 1. The monoisotopic (exact) mass is 424 g/mol. The molecule has 2 aromatic carbocycles. The molecule has 0 fully saturated rings. The largest absolute Gasteiger partial charge is 0.481 e. The summed E-state index contributed by atoms with van der Waals surface area (Å²) in [6, 6.07) is 11.5. The maximum absolute atomic E-state index is 13.6. The molecule has 4 rings (SSSR count). The lowest BCUT2D eigenvalue weighted by atomic mass is 9.94. The van der Waals surface area contributed by atoms with E-state index in [4.69, 9.17) is 0 Å². The molecule has 0 saturated carbocycles. The van der Waals surface area contributed by atoms with E-state index >= 15 is 0 Å². The number of hydrogen-bond acceptors (Lipinski definition) is 2. The van der Waals surface area contributed by atoms with E-state index in [9.17, 15) is 23.1 Å². The Bertz CT molecular complexity index is 1290. The Balaban J connectivity index is 1.90. The number of aromatic nitrogens is 2. The summed E-state index contributed by atoms with van der Waals surface area (Å²) in [6.45, 7) is 3.78. The number of halogens is 3. The lowest BCUT2D eigenvalue weighted by Crippen LogP contribution is -2.08. The van der Waals surface area contributed by atoms with Gasteiger partial charge in [0.25, 0.3) is 0 Å². The van der Waals surface area contributed by atoms with Crippen molar-refractivity contribution < 1.29 is 23.1 Å². The summed E-state index contributed by atoms with van der Waals surface area (Å²) in [5.74, 6) is -4.97. The number of nitrogens with zero attached hydrogens (tertiary/aromatic N) is 2. The molecule has 0 saturated heterocycles. The summed E-state index contributed by atoms with van der Waals surface area (Å²) < 4.78 is 42.3. The Hall–Kier alpha value is -3.61. The van der Waals surface area contributed by atoms with Crippen LogP contribution in [0.1, 0.15) is 22.4 Å². The Kier molecular flexibility index (Phi) is 5.27. The second-order valence-electron chi connectivity index (χ2n) is 7.54. The molecule has 2 heterocycles. The molecule has 0 amide bonds. The van der Waals surface area contributed by atoms with Gasteiger partial charge in [-0.3, -0.25) is 4.79 Å². The van der Waals surface area contributed by atoms with E-state index < -0.39 is 23.4 Å². The number of aryl methyl sites for hydroxylation is 2. The van der Waals surface area contributed by atoms with Crippen molar-refractivity contribution >= 4 is 17.0 Å². The SMILES string of the molecule is Cc1ccc(-c2c(CC(=O)O)c(C)nc3c2ccn3Cc2cc(F)c(F)c(F)c2)cc1. The quantitative estimate of drug-likeness (QED) is 0.436. The number of carbonyl (C=O) groups is 1. The fraction of sp³-hybridized carbons (Fsp3) is 0.167. The molecule has 0 atom stereocenters. The first-order valence-electron chi connectivity index (χ1n) is 9.65. The fourth-order valence-corrected chi connectivity index (χ4v) is 3.79. The van der Waals surface area contributed by atoms with Crippen molar-refractivity contribution in [1.82, 2.24) is 9.55 Å². The van der Waals surface area contributed by atoms with E-state index in [1.165, 1.54) is 0 Å². The maximum Gasteiger partial charge on any atom is 0.307 e. The third-order valence-electron chi connectivity index (χ3n) is 5.28. The predicted molar refractivity (Wildman–Crippen MR) is 111 cm³/mol. The van der Waals surface area contributed by atoms with Gasteiger partial charge in [-0.05, 0) is 54.3 Å². The smallest absolute Gasteiger partial charge is 0.307 e. The van der Waals surface area contributed by atoms with Gasteiger partial charge in [0.1, 0.15) is 5.65 Å². The van der Waals surface area contributed by atoms with Crippen LogP contribution in [0.25, 0.3) is 22.2 Å². The predicted octanol–water partition coefficient (Wildman–Crippen LogP) is 5.41. The molecule has 2 aromatic heterocycles. The molecular weight excluding hydrogens is 405 g/mol.